The summed E-state index contributed by atoms with van der Waals surface area (Å²) in [7, 11) is 0. The summed E-state index contributed by atoms with van der Waals surface area (Å²) in [6, 6.07) is 17.3. The molecule has 0 spiro atoms. The van der Waals surface area contributed by atoms with Gasteiger partial charge in [-0.15, -0.1) is 12.4 Å². The van der Waals surface area contributed by atoms with Crippen LogP contribution in [0.2, 0.25) is 0 Å². The van der Waals surface area contributed by atoms with Gasteiger partial charge in [0, 0.05) is 23.5 Å². The van der Waals surface area contributed by atoms with Crippen molar-refractivity contribution in [3.05, 3.63) is 76.5 Å². The van der Waals surface area contributed by atoms with Crippen molar-refractivity contribution in [2.75, 3.05) is 16.8 Å². The molecule has 4 rings (SSSR count). The van der Waals surface area contributed by atoms with Crippen LogP contribution in [0.5, 0.6) is 0 Å². The van der Waals surface area contributed by atoms with E-state index in [0.717, 1.165) is 35.7 Å². The van der Waals surface area contributed by atoms with Crippen LogP contribution in [0, 0.1) is 20.8 Å². The highest BCUT2D eigenvalue weighted by molar-refractivity contribution is 5.85. The summed E-state index contributed by atoms with van der Waals surface area (Å²) in [5.74, 6) is 1.69. The van der Waals surface area contributed by atoms with Gasteiger partial charge in [0.05, 0.1) is 6.04 Å². The lowest BCUT2D eigenvalue weighted by molar-refractivity contribution is 0.614. The third-order valence-electron chi connectivity index (χ3n) is 5.62. The Hall–Kier alpha value is -2.59. The van der Waals surface area contributed by atoms with Crippen LogP contribution in [0.1, 0.15) is 40.9 Å². The van der Waals surface area contributed by atoms with Crippen LogP contribution < -0.4 is 10.2 Å². The van der Waals surface area contributed by atoms with E-state index in [1.54, 1.807) is 0 Å². The maximum absolute atomic E-state index is 4.92. The van der Waals surface area contributed by atoms with Crippen LogP contribution in [0.25, 0.3) is 0 Å². The molecule has 0 bridgehead atoms. The van der Waals surface area contributed by atoms with Crippen molar-refractivity contribution >= 4 is 29.9 Å². The molecule has 1 aliphatic heterocycles. The third kappa shape index (κ3) is 3.69. The molecule has 5 heteroatoms. The van der Waals surface area contributed by atoms with Crippen molar-refractivity contribution in [3.63, 3.8) is 0 Å². The number of nitrogens with one attached hydrogen (secondary N) is 1. The van der Waals surface area contributed by atoms with Gasteiger partial charge in [-0.25, -0.2) is 4.98 Å². The first-order valence-electron chi connectivity index (χ1n) is 9.57. The molecule has 0 unspecified atom stereocenters. The first-order chi connectivity index (χ1) is 13.0. The fourth-order valence-corrected chi connectivity index (χ4v) is 3.84. The molecule has 1 aromatic heterocycles. The van der Waals surface area contributed by atoms with Gasteiger partial charge in [-0.2, -0.15) is 4.98 Å². The van der Waals surface area contributed by atoms with E-state index in [-0.39, 0.29) is 12.4 Å². The largest absolute Gasteiger partial charge is 0.349 e. The van der Waals surface area contributed by atoms with Crippen molar-refractivity contribution in [1.29, 1.82) is 0 Å². The summed E-state index contributed by atoms with van der Waals surface area (Å²) in [5, 5.41) is 3.40. The Labute approximate surface area is 173 Å². The zero-order valence-corrected chi connectivity index (χ0v) is 17.7. The molecule has 3 aromatic rings. The number of hydrogen-bond donors (Lipinski definition) is 1. The molecule has 0 fully saturated rings. The standard InChI is InChI=1S/C23H26N4.ClH/c1-15-9-5-8-12-21(15)25-23-24-17(3)16(2)22(26-23)27-14-13-19-10-6-7-11-20(19)18(27)4;/h5-12,18H,13-14H2,1-4H3,(H,24,25,26);1H/t18-;/m1./s1. The van der Waals surface area contributed by atoms with Gasteiger partial charge in [0.2, 0.25) is 5.95 Å². The van der Waals surface area contributed by atoms with E-state index >= 15 is 0 Å². The van der Waals surface area contributed by atoms with Crippen molar-refractivity contribution in [3.8, 4) is 0 Å². The van der Waals surface area contributed by atoms with Gasteiger partial charge in [0.1, 0.15) is 5.82 Å². The van der Waals surface area contributed by atoms with Crippen molar-refractivity contribution in [2.24, 2.45) is 0 Å². The fraction of sp³-hybridized carbons (Fsp3) is 0.304. The number of anilines is 3. The average molecular weight is 395 g/mol. The van der Waals surface area contributed by atoms with E-state index in [4.69, 9.17) is 4.98 Å². The molecular weight excluding hydrogens is 368 g/mol. The normalized spacial score (nSPS) is 15.6. The Morgan fingerprint density at radius 3 is 2.46 bits per heavy atom. The molecule has 2 aromatic carbocycles. The Morgan fingerprint density at radius 1 is 0.964 bits per heavy atom. The molecular formula is C23H27ClN4. The maximum Gasteiger partial charge on any atom is 0.229 e. The molecule has 146 valence electrons. The Bertz CT molecular complexity index is 986. The van der Waals surface area contributed by atoms with E-state index in [0.29, 0.717) is 12.0 Å². The second-order valence-electron chi connectivity index (χ2n) is 7.34. The smallest absolute Gasteiger partial charge is 0.229 e. The lowest BCUT2D eigenvalue weighted by Crippen LogP contribution is -2.35. The molecule has 0 amide bonds. The Kier molecular flexibility index (Phi) is 5.90. The molecule has 1 aliphatic rings. The minimum absolute atomic E-state index is 0. The topological polar surface area (TPSA) is 41.1 Å². The quantitative estimate of drug-likeness (QED) is 0.619. The van der Waals surface area contributed by atoms with Crippen molar-refractivity contribution in [2.45, 2.75) is 40.2 Å². The number of aryl methyl sites for hydroxylation is 2. The number of aromatic nitrogens is 2. The SMILES string of the molecule is Cc1ccccc1Nc1nc(C)c(C)c(N2CCc3ccccc3[C@H]2C)n1.Cl. The highest BCUT2D eigenvalue weighted by atomic mass is 35.5. The first kappa shape index (κ1) is 20.2. The van der Waals surface area contributed by atoms with Gasteiger partial charge in [-0.1, -0.05) is 42.5 Å². The van der Waals surface area contributed by atoms with Crippen LogP contribution in [0.4, 0.5) is 17.5 Å². The fourth-order valence-electron chi connectivity index (χ4n) is 3.84. The van der Waals surface area contributed by atoms with E-state index in [1.165, 1.54) is 16.7 Å². The van der Waals surface area contributed by atoms with E-state index < -0.39 is 0 Å². The minimum atomic E-state index is 0. The third-order valence-corrected chi connectivity index (χ3v) is 5.62. The molecule has 4 nitrogen and oxygen atoms in total. The van der Waals surface area contributed by atoms with Gasteiger partial charge < -0.3 is 10.2 Å². The van der Waals surface area contributed by atoms with Crippen molar-refractivity contribution < 1.29 is 0 Å². The maximum atomic E-state index is 4.92. The van der Waals surface area contributed by atoms with Gasteiger partial charge in [-0.3, -0.25) is 0 Å². The highest BCUT2D eigenvalue weighted by Crippen LogP contribution is 2.35. The van der Waals surface area contributed by atoms with Crippen LogP contribution in [0.15, 0.2) is 48.5 Å². The zero-order chi connectivity index (χ0) is 19.0. The summed E-state index contributed by atoms with van der Waals surface area (Å²) in [4.78, 5) is 12.0. The number of rotatable bonds is 3. The summed E-state index contributed by atoms with van der Waals surface area (Å²) >= 11 is 0. The molecule has 0 saturated heterocycles. The van der Waals surface area contributed by atoms with Crippen LogP contribution >= 0.6 is 12.4 Å². The number of nitrogens with zero attached hydrogens (tertiary/aromatic N) is 3. The molecule has 0 saturated carbocycles. The molecule has 0 radical (unpaired) electrons. The number of benzene rings is 2. The number of halogens is 1. The van der Waals surface area contributed by atoms with Crippen LogP contribution in [0.3, 0.4) is 0 Å². The number of para-hydroxylation sites is 1. The molecule has 2 heterocycles. The van der Waals surface area contributed by atoms with Gasteiger partial charge in [0.25, 0.3) is 0 Å². The van der Waals surface area contributed by atoms with Crippen LogP contribution in [-0.4, -0.2) is 16.5 Å². The highest BCUT2D eigenvalue weighted by Gasteiger charge is 2.26. The summed E-state index contributed by atoms with van der Waals surface area (Å²) in [6.07, 6.45) is 1.05. The Balaban J connectivity index is 0.00000225. The molecule has 28 heavy (non-hydrogen) atoms. The lowest BCUT2D eigenvalue weighted by atomic mass is 9.93. The number of fused-ring (bicyclic) bond motifs is 1. The van der Waals surface area contributed by atoms with E-state index in [1.807, 2.05) is 12.1 Å². The number of hydrogen-bond acceptors (Lipinski definition) is 4. The second kappa shape index (κ2) is 8.19. The van der Waals surface area contributed by atoms with Crippen molar-refractivity contribution in [1.82, 2.24) is 9.97 Å². The second-order valence-corrected chi connectivity index (χ2v) is 7.34. The molecule has 1 N–H and O–H groups in total. The van der Waals surface area contributed by atoms with Gasteiger partial charge >= 0.3 is 0 Å². The lowest BCUT2D eigenvalue weighted by Gasteiger charge is -2.37. The minimum Gasteiger partial charge on any atom is -0.349 e. The zero-order valence-electron chi connectivity index (χ0n) is 16.9. The predicted octanol–water partition coefficient (Wildman–Crippen LogP) is 5.69. The van der Waals surface area contributed by atoms with E-state index in [9.17, 15) is 0 Å². The Morgan fingerprint density at radius 2 is 1.68 bits per heavy atom. The average Bonchev–Trinajstić information content (AvgIpc) is 2.67. The van der Waals surface area contributed by atoms with Crippen LogP contribution in [-0.2, 0) is 6.42 Å². The van der Waals surface area contributed by atoms with Gasteiger partial charge in [-0.05, 0) is 56.9 Å². The summed E-state index contributed by atoms with van der Waals surface area (Å²) < 4.78 is 0. The van der Waals surface area contributed by atoms with Gasteiger partial charge in [0.15, 0.2) is 0 Å². The molecule has 1 atom stereocenters. The first-order valence-corrected chi connectivity index (χ1v) is 9.57. The predicted molar refractivity (Wildman–Crippen MR) is 119 cm³/mol. The van der Waals surface area contributed by atoms with E-state index in [2.05, 4.69) is 79.3 Å². The monoisotopic (exact) mass is 394 g/mol. The summed E-state index contributed by atoms with van der Waals surface area (Å²) in [6.45, 7) is 9.51. The summed E-state index contributed by atoms with van der Waals surface area (Å²) in [5.41, 5.74) is 7.24. The molecule has 0 aliphatic carbocycles.